The Kier molecular flexibility index (Phi) is 6.56. The quantitative estimate of drug-likeness (QED) is 0.767. The van der Waals surface area contributed by atoms with Gasteiger partial charge in [0.25, 0.3) is 0 Å². The lowest BCUT2D eigenvalue weighted by atomic mass is 9.84. The van der Waals surface area contributed by atoms with Gasteiger partial charge in [0.15, 0.2) is 0 Å². The van der Waals surface area contributed by atoms with Crippen molar-refractivity contribution in [2.24, 2.45) is 5.92 Å². The summed E-state index contributed by atoms with van der Waals surface area (Å²) in [5, 5.41) is 3.81. The van der Waals surface area contributed by atoms with Gasteiger partial charge in [-0.2, -0.15) is 0 Å². The second-order valence-electron chi connectivity index (χ2n) is 6.45. The van der Waals surface area contributed by atoms with Crippen LogP contribution < -0.4 is 5.32 Å². The maximum atomic E-state index is 3.81. The molecule has 2 heteroatoms. The highest BCUT2D eigenvalue weighted by Gasteiger charge is 2.20. The minimum atomic E-state index is 0.586. The Morgan fingerprint density at radius 1 is 1.10 bits per heavy atom. The number of anilines is 1. The highest BCUT2D eigenvalue weighted by Crippen LogP contribution is 2.29. The minimum absolute atomic E-state index is 0.586. The zero-order chi connectivity index (χ0) is 15.1. The van der Waals surface area contributed by atoms with Gasteiger partial charge in [-0.15, -0.1) is 0 Å². The molecule has 1 N–H and O–H groups in total. The topological polar surface area (TPSA) is 15.3 Å². The summed E-state index contributed by atoms with van der Waals surface area (Å²) in [6.45, 7) is 10.1. The van der Waals surface area contributed by atoms with Gasteiger partial charge in [0.05, 0.1) is 0 Å². The van der Waals surface area contributed by atoms with E-state index in [-0.39, 0.29) is 0 Å². The van der Waals surface area contributed by atoms with Gasteiger partial charge in [0.2, 0.25) is 0 Å². The minimum Gasteiger partial charge on any atom is -0.382 e. The number of nitrogens with one attached hydrogen (secondary N) is 1. The molecule has 0 aromatic heterocycles. The zero-order valence-electron chi connectivity index (χ0n) is 14.1. The molecule has 1 saturated carbocycles. The van der Waals surface area contributed by atoms with Crippen molar-refractivity contribution in [1.82, 2.24) is 4.90 Å². The molecule has 2 rings (SSSR count). The molecule has 0 saturated heterocycles. The van der Waals surface area contributed by atoms with Gasteiger partial charge < -0.3 is 5.32 Å². The predicted molar refractivity (Wildman–Crippen MR) is 92.7 cm³/mol. The van der Waals surface area contributed by atoms with Gasteiger partial charge in [0.1, 0.15) is 0 Å². The molecule has 1 unspecified atom stereocenters. The van der Waals surface area contributed by atoms with Crippen molar-refractivity contribution in [3.8, 4) is 0 Å². The lowest BCUT2D eigenvalue weighted by Crippen LogP contribution is -2.29. The van der Waals surface area contributed by atoms with Crippen molar-refractivity contribution in [2.45, 2.75) is 65.5 Å². The molecule has 1 atom stereocenters. The number of nitrogens with zero attached hydrogens (tertiary/aromatic N) is 1. The van der Waals surface area contributed by atoms with Crippen LogP contribution in [-0.4, -0.2) is 24.0 Å². The van der Waals surface area contributed by atoms with Crippen LogP contribution in [0.2, 0.25) is 0 Å². The summed E-state index contributed by atoms with van der Waals surface area (Å²) >= 11 is 0. The number of hydrogen-bond acceptors (Lipinski definition) is 2. The average Bonchev–Trinajstić information content (AvgIpc) is 2.54. The molecule has 1 aromatic rings. The molecule has 2 nitrogen and oxygen atoms in total. The predicted octanol–water partition coefficient (Wildman–Crippen LogP) is 4.91. The number of para-hydroxylation sites is 1. The SMILES string of the molecule is CCN(CC)Cc1ccccc1NC(C)C1CCCCC1. The van der Waals surface area contributed by atoms with Crippen LogP contribution in [0.3, 0.4) is 0 Å². The van der Waals surface area contributed by atoms with Crippen molar-refractivity contribution in [3.05, 3.63) is 29.8 Å². The van der Waals surface area contributed by atoms with Crippen LogP contribution in [0.4, 0.5) is 5.69 Å². The van der Waals surface area contributed by atoms with Crippen molar-refractivity contribution >= 4 is 5.69 Å². The van der Waals surface area contributed by atoms with Crippen LogP contribution in [-0.2, 0) is 6.54 Å². The Morgan fingerprint density at radius 2 is 1.76 bits per heavy atom. The molecule has 0 bridgehead atoms. The Morgan fingerprint density at radius 3 is 2.43 bits per heavy atom. The normalized spacial score (nSPS) is 17.9. The molecular formula is C19H32N2. The molecule has 0 heterocycles. The summed E-state index contributed by atoms with van der Waals surface area (Å²) in [5.74, 6) is 0.847. The van der Waals surface area contributed by atoms with Crippen LogP contribution in [0.5, 0.6) is 0 Å². The van der Waals surface area contributed by atoms with E-state index in [1.807, 2.05) is 0 Å². The van der Waals surface area contributed by atoms with E-state index in [4.69, 9.17) is 0 Å². The Balaban J connectivity index is 2.01. The number of hydrogen-bond donors (Lipinski definition) is 1. The summed E-state index contributed by atoms with van der Waals surface area (Å²) < 4.78 is 0. The number of rotatable bonds is 7. The van der Waals surface area contributed by atoms with Crippen LogP contribution in [0, 0.1) is 5.92 Å². The van der Waals surface area contributed by atoms with Crippen LogP contribution in [0.25, 0.3) is 0 Å². The van der Waals surface area contributed by atoms with Crippen LogP contribution >= 0.6 is 0 Å². The van der Waals surface area contributed by atoms with Crippen molar-refractivity contribution < 1.29 is 0 Å². The first-order chi connectivity index (χ1) is 10.2. The molecule has 118 valence electrons. The summed E-state index contributed by atoms with van der Waals surface area (Å²) in [5.41, 5.74) is 2.77. The van der Waals surface area contributed by atoms with Crippen molar-refractivity contribution in [1.29, 1.82) is 0 Å². The van der Waals surface area contributed by atoms with E-state index >= 15 is 0 Å². The van der Waals surface area contributed by atoms with E-state index in [2.05, 4.69) is 55.3 Å². The molecule has 1 fully saturated rings. The van der Waals surface area contributed by atoms with E-state index in [0.717, 1.165) is 25.6 Å². The lowest BCUT2D eigenvalue weighted by Gasteiger charge is -2.30. The lowest BCUT2D eigenvalue weighted by molar-refractivity contribution is 0.295. The van der Waals surface area contributed by atoms with Gasteiger partial charge in [-0.05, 0) is 50.4 Å². The van der Waals surface area contributed by atoms with E-state index in [0.29, 0.717) is 6.04 Å². The molecule has 0 amide bonds. The largest absolute Gasteiger partial charge is 0.382 e. The maximum absolute atomic E-state index is 3.81. The molecular weight excluding hydrogens is 256 g/mol. The first-order valence-corrected chi connectivity index (χ1v) is 8.81. The van der Waals surface area contributed by atoms with Gasteiger partial charge in [-0.3, -0.25) is 4.90 Å². The van der Waals surface area contributed by atoms with Gasteiger partial charge >= 0.3 is 0 Å². The van der Waals surface area contributed by atoms with E-state index < -0.39 is 0 Å². The first-order valence-electron chi connectivity index (χ1n) is 8.81. The Labute approximate surface area is 130 Å². The Hall–Kier alpha value is -1.02. The third kappa shape index (κ3) is 4.74. The van der Waals surface area contributed by atoms with E-state index in [1.54, 1.807) is 0 Å². The fourth-order valence-corrected chi connectivity index (χ4v) is 3.48. The standard InChI is InChI=1S/C19H32N2/c1-4-21(5-2)15-18-13-9-10-14-19(18)20-16(3)17-11-7-6-8-12-17/h9-10,13-14,16-17,20H,4-8,11-12,15H2,1-3H3. The first kappa shape index (κ1) is 16.4. The van der Waals surface area contributed by atoms with Gasteiger partial charge in [0, 0.05) is 18.3 Å². The summed E-state index contributed by atoms with van der Waals surface area (Å²) in [6.07, 6.45) is 7.05. The summed E-state index contributed by atoms with van der Waals surface area (Å²) in [6, 6.07) is 9.42. The fraction of sp³-hybridized carbons (Fsp3) is 0.684. The average molecular weight is 288 g/mol. The highest BCUT2D eigenvalue weighted by molar-refractivity contribution is 5.51. The van der Waals surface area contributed by atoms with Crippen molar-refractivity contribution in [3.63, 3.8) is 0 Å². The fourth-order valence-electron chi connectivity index (χ4n) is 3.48. The number of benzene rings is 1. The highest BCUT2D eigenvalue weighted by atomic mass is 15.1. The molecule has 0 spiro atoms. The monoisotopic (exact) mass is 288 g/mol. The maximum Gasteiger partial charge on any atom is 0.0388 e. The smallest absolute Gasteiger partial charge is 0.0388 e. The summed E-state index contributed by atoms with van der Waals surface area (Å²) in [7, 11) is 0. The zero-order valence-corrected chi connectivity index (χ0v) is 14.1. The molecule has 1 aliphatic rings. The van der Waals surface area contributed by atoms with Crippen LogP contribution in [0.15, 0.2) is 24.3 Å². The Bertz CT molecular complexity index is 406. The van der Waals surface area contributed by atoms with E-state index in [9.17, 15) is 0 Å². The van der Waals surface area contributed by atoms with Gasteiger partial charge in [-0.1, -0.05) is 51.3 Å². The van der Waals surface area contributed by atoms with Crippen LogP contribution in [0.1, 0.15) is 58.4 Å². The second kappa shape index (κ2) is 8.43. The molecule has 0 radical (unpaired) electrons. The second-order valence-corrected chi connectivity index (χ2v) is 6.45. The molecule has 0 aliphatic heterocycles. The summed E-state index contributed by atoms with van der Waals surface area (Å²) in [4.78, 5) is 2.48. The van der Waals surface area contributed by atoms with Gasteiger partial charge in [-0.25, -0.2) is 0 Å². The third-order valence-corrected chi connectivity index (χ3v) is 5.05. The third-order valence-electron chi connectivity index (χ3n) is 5.05. The molecule has 1 aromatic carbocycles. The molecule has 21 heavy (non-hydrogen) atoms. The van der Waals surface area contributed by atoms with Crippen molar-refractivity contribution in [2.75, 3.05) is 18.4 Å². The van der Waals surface area contributed by atoms with E-state index in [1.165, 1.54) is 43.4 Å². The molecule has 1 aliphatic carbocycles.